The Labute approximate surface area is 140 Å². The van der Waals surface area contributed by atoms with Gasteiger partial charge in [0.15, 0.2) is 0 Å². The lowest BCUT2D eigenvalue weighted by molar-refractivity contribution is -0.141. The van der Waals surface area contributed by atoms with E-state index in [1.807, 2.05) is 12.1 Å². The second-order valence-corrected chi connectivity index (χ2v) is 5.83. The topological polar surface area (TPSA) is 69.8 Å². The minimum Gasteiger partial charge on any atom is -0.346 e. The molecule has 1 amide bonds. The normalized spacial score (nSPS) is 13.9. The smallest absolute Gasteiger partial charge is 0.346 e. The molecule has 4 rings (SSSR count). The van der Waals surface area contributed by atoms with Crippen molar-refractivity contribution in [2.45, 2.75) is 19.3 Å². The third-order valence-electron chi connectivity index (χ3n) is 4.16. The standard InChI is InChI=1S/C17H13F3N4O/c18-17(19,20)14-6-13(12-3-4-22-15(12)24-14)16(25)23-11-2-1-9-7-21-8-10(9)5-11/h1-6,21H,7-8H2,(H,22,24)(H,23,25). The molecule has 0 spiro atoms. The molecule has 2 aromatic heterocycles. The lowest BCUT2D eigenvalue weighted by Gasteiger charge is -2.11. The molecule has 0 bridgehead atoms. The summed E-state index contributed by atoms with van der Waals surface area (Å²) in [5.41, 5.74) is 1.60. The molecule has 0 radical (unpaired) electrons. The number of benzene rings is 1. The van der Waals surface area contributed by atoms with Crippen LogP contribution in [0.5, 0.6) is 0 Å². The monoisotopic (exact) mass is 346 g/mol. The van der Waals surface area contributed by atoms with Crippen LogP contribution < -0.4 is 10.6 Å². The summed E-state index contributed by atoms with van der Waals surface area (Å²) in [7, 11) is 0. The van der Waals surface area contributed by atoms with Crippen molar-refractivity contribution in [3.63, 3.8) is 0 Å². The number of hydrogen-bond acceptors (Lipinski definition) is 3. The lowest BCUT2D eigenvalue weighted by Crippen LogP contribution is -2.16. The number of rotatable bonds is 2. The summed E-state index contributed by atoms with van der Waals surface area (Å²) in [5.74, 6) is -0.608. The van der Waals surface area contributed by atoms with Crippen LogP contribution in [0.1, 0.15) is 27.2 Å². The van der Waals surface area contributed by atoms with Crippen LogP contribution in [0.4, 0.5) is 18.9 Å². The number of carbonyl (C=O) groups is 1. The number of nitrogens with zero attached hydrogens (tertiary/aromatic N) is 1. The Hall–Kier alpha value is -2.87. The van der Waals surface area contributed by atoms with Crippen molar-refractivity contribution in [1.82, 2.24) is 15.3 Å². The predicted molar refractivity (Wildman–Crippen MR) is 86.0 cm³/mol. The number of carbonyl (C=O) groups excluding carboxylic acids is 1. The highest BCUT2D eigenvalue weighted by Crippen LogP contribution is 2.31. The van der Waals surface area contributed by atoms with Crippen molar-refractivity contribution in [2.75, 3.05) is 5.32 Å². The number of halogens is 3. The first-order chi connectivity index (χ1) is 11.9. The van der Waals surface area contributed by atoms with Crippen LogP contribution in [-0.2, 0) is 19.3 Å². The Morgan fingerprint density at radius 1 is 1.12 bits per heavy atom. The van der Waals surface area contributed by atoms with Crippen molar-refractivity contribution >= 4 is 22.6 Å². The maximum atomic E-state index is 13.0. The quantitative estimate of drug-likeness (QED) is 0.666. The van der Waals surface area contributed by atoms with Crippen LogP contribution in [0.15, 0.2) is 36.5 Å². The average molecular weight is 346 g/mol. The first-order valence-corrected chi connectivity index (χ1v) is 7.61. The van der Waals surface area contributed by atoms with Gasteiger partial charge in [-0.15, -0.1) is 0 Å². The molecule has 25 heavy (non-hydrogen) atoms. The summed E-state index contributed by atoms with van der Waals surface area (Å²) in [4.78, 5) is 18.7. The summed E-state index contributed by atoms with van der Waals surface area (Å²) in [6, 6.07) is 7.77. The molecular weight excluding hydrogens is 333 g/mol. The molecule has 1 aliphatic rings. The SMILES string of the molecule is O=C(Nc1ccc2c(c1)CNC2)c1cc(C(F)(F)F)nc2[nH]ccc12. The zero-order chi connectivity index (χ0) is 17.6. The van der Waals surface area contributed by atoms with Crippen LogP contribution in [0.25, 0.3) is 11.0 Å². The average Bonchev–Trinajstić information content (AvgIpc) is 3.21. The number of alkyl halides is 3. The van der Waals surface area contributed by atoms with Crippen molar-refractivity contribution in [1.29, 1.82) is 0 Å². The van der Waals surface area contributed by atoms with Crippen molar-refractivity contribution in [3.05, 3.63) is 58.9 Å². The van der Waals surface area contributed by atoms with E-state index in [1.165, 1.54) is 12.3 Å². The zero-order valence-electron chi connectivity index (χ0n) is 12.9. The highest BCUT2D eigenvalue weighted by atomic mass is 19.4. The Morgan fingerprint density at radius 2 is 1.92 bits per heavy atom. The highest BCUT2D eigenvalue weighted by Gasteiger charge is 2.34. The summed E-state index contributed by atoms with van der Waals surface area (Å²) in [6.45, 7) is 1.47. The van der Waals surface area contributed by atoms with Gasteiger partial charge in [0.1, 0.15) is 11.3 Å². The second-order valence-electron chi connectivity index (χ2n) is 5.83. The van der Waals surface area contributed by atoms with Crippen molar-refractivity contribution in [2.24, 2.45) is 0 Å². The predicted octanol–water partition coefficient (Wildman–Crippen LogP) is 3.44. The number of nitrogens with one attached hydrogen (secondary N) is 3. The molecule has 8 heteroatoms. The van der Waals surface area contributed by atoms with E-state index in [2.05, 4.69) is 20.6 Å². The van der Waals surface area contributed by atoms with Gasteiger partial charge in [-0.2, -0.15) is 13.2 Å². The Bertz CT molecular complexity index is 978. The molecule has 0 fully saturated rings. The molecule has 0 unspecified atom stereocenters. The van der Waals surface area contributed by atoms with Gasteiger partial charge in [0.25, 0.3) is 5.91 Å². The summed E-state index contributed by atoms with van der Waals surface area (Å²) >= 11 is 0. The first-order valence-electron chi connectivity index (χ1n) is 7.61. The first kappa shape index (κ1) is 15.6. The second kappa shape index (κ2) is 5.59. The summed E-state index contributed by atoms with van der Waals surface area (Å²) in [6.07, 6.45) is -3.18. The van der Waals surface area contributed by atoms with E-state index in [4.69, 9.17) is 0 Å². The third kappa shape index (κ3) is 2.85. The fourth-order valence-electron chi connectivity index (χ4n) is 2.94. The number of hydrogen-bond donors (Lipinski definition) is 3. The Kier molecular flexibility index (Phi) is 3.50. The summed E-state index contributed by atoms with van der Waals surface area (Å²) in [5, 5.41) is 6.21. The Morgan fingerprint density at radius 3 is 2.72 bits per heavy atom. The number of fused-ring (bicyclic) bond motifs is 2. The van der Waals surface area contributed by atoms with Crippen molar-refractivity contribution in [3.8, 4) is 0 Å². The minimum absolute atomic E-state index is 0.0260. The van der Waals surface area contributed by atoms with Gasteiger partial charge in [0, 0.05) is 30.4 Å². The largest absolute Gasteiger partial charge is 0.433 e. The van der Waals surface area contributed by atoms with Gasteiger partial charge < -0.3 is 15.6 Å². The Balaban J connectivity index is 1.71. The number of aromatic amines is 1. The highest BCUT2D eigenvalue weighted by molar-refractivity contribution is 6.12. The maximum Gasteiger partial charge on any atom is 0.433 e. The number of amides is 1. The van der Waals surface area contributed by atoms with Gasteiger partial charge in [-0.05, 0) is 35.4 Å². The van der Waals surface area contributed by atoms with Gasteiger partial charge in [0.2, 0.25) is 0 Å². The number of aromatic nitrogens is 2. The molecular formula is C17H13F3N4O. The fourth-order valence-corrected chi connectivity index (χ4v) is 2.94. The zero-order valence-corrected chi connectivity index (χ0v) is 12.9. The minimum atomic E-state index is -4.63. The van der Waals surface area contributed by atoms with E-state index in [0.29, 0.717) is 17.6 Å². The number of H-pyrrole nitrogens is 1. The van der Waals surface area contributed by atoms with E-state index >= 15 is 0 Å². The lowest BCUT2D eigenvalue weighted by atomic mass is 10.1. The van der Waals surface area contributed by atoms with Crippen LogP contribution >= 0.6 is 0 Å². The van der Waals surface area contributed by atoms with E-state index in [0.717, 1.165) is 23.7 Å². The molecule has 5 nitrogen and oxygen atoms in total. The molecule has 0 aliphatic carbocycles. The maximum absolute atomic E-state index is 13.0. The third-order valence-corrected chi connectivity index (χ3v) is 4.16. The molecule has 128 valence electrons. The van der Waals surface area contributed by atoms with Crippen LogP contribution in [0.3, 0.4) is 0 Å². The summed E-state index contributed by atoms with van der Waals surface area (Å²) < 4.78 is 39.1. The molecule has 3 heterocycles. The van der Waals surface area contributed by atoms with Crippen LogP contribution in [0.2, 0.25) is 0 Å². The van der Waals surface area contributed by atoms with E-state index in [9.17, 15) is 18.0 Å². The van der Waals surface area contributed by atoms with Gasteiger partial charge in [-0.25, -0.2) is 4.98 Å². The molecule has 0 saturated heterocycles. The van der Waals surface area contributed by atoms with Crippen LogP contribution in [0, 0.1) is 0 Å². The number of anilines is 1. The van der Waals surface area contributed by atoms with E-state index in [-0.39, 0.29) is 11.2 Å². The fraction of sp³-hybridized carbons (Fsp3) is 0.176. The molecule has 1 aromatic carbocycles. The van der Waals surface area contributed by atoms with Crippen molar-refractivity contribution < 1.29 is 18.0 Å². The van der Waals surface area contributed by atoms with E-state index < -0.39 is 17.8 Å². The molecule has 3 aromatic rings. The molecule has 0 atom stereocenters. The van der Waals surface area contributed by atoms with Gasteiger partial charge in [-0.3, -0.25) is 4.79 Å². The van der Waals surface area contributed by atoms with Gasteiger partial charge in [0.05, 0.1) is 5.56 Å². The molecule has 0 saturated carbocycles. The van der Waals surface area contributed by atoms with Gasteiger partial charge in [-0.1, -0.05) is 6.07 Å². The molecule has 3 N–H and O–H groups in total. The van der Waals surface area contributed by atoms with Crippen LogP contribution in [-0.4, -0.2) is 15.9 Å². The van der Waals surface area contributed by atoms with E-state index in [1.54, 1.807) is 6.07 Å². The number of pyridine rings is 1. The molecule has 1 aliphatic heterocycles. The van der Waals surface area contributed by atoms with Gasteiger partial charge >= 0.3 is 6.18 Å².